The maximum absolute atomic E-state index is 12.2. The molecule has 1 N–H and O–H groups in total. The number of hydrogen-bond acceptors (Lipinski definition) is 4. The van der Waals surface area contributed by atoms with Gasteiger partial charge in [-0.15, -0.1) is 0 Å². The summed E-state index contributed by atoms with van der Waals surface area (Å²) in [5.74, 6) is 0.988. The lowest BCUT2D eigenvalue weighted by Crippen LogP contribution is -2.26. The molecule has 1 amide bonds. The highest BCUT2D eigenvalue weighted by molar-refractivity contribution is 6.35. The third-order valence-corrected chi connectivity index (χ3v) is 4.95. The normalized spacial score (nSPS) is 18.4. The number of amides is 1. The summed E-state index contributed by atoms with van der Waals surface area (Å²) in [5, 5.41) is 3.95. The highest BCUT2D eigenvalue weighted by Gasteiger charge is 2.30. The zero-order valence-electron chi connectivity index (χ0n) is 13.3. The van der Waals surface area contributed by atoms with Crippen molar-refractivity contribution < 1.29 is 14.3 Å². The van der Waals surface area contributed by atoms with Gasteiger partial charge in [0.1, 0.15) is 6.61 Å². The third kappa shape index (κ3) is 3.53. The van der Waals surface area contributed by atoms with E-state index in [2.05, 4.69) is 10.3 Å². The first-order valence-corrected chi connectivity index (χ1v) is 8.87. The smallest absolute Gasteiger partial charge is 0.408 e. The zero-order valence-corrected chi connectivity index (χ0v) is 14.8. The topological polar surface area (TPSA) is 60.5 Å². The number of carbonyl (C=O) groups is 1. The maximum Gasteiger partial charge on any atom is 0.408 e. The lowest BCUT2D eigenvalue weighted by atomic mass is 10.0. The molecule has 25 heavy (non-hydrogen) atoms. The Morgan fingerprint density at radius 2 is 2.16 bits per heavy atom. The van der Waals surface area contributed by atoms with E-state index in [4.69, 9.17) is 32.7 Å². The van der Waals surface area contributed by atoms with E-state index in [0.717, 1.165) is 29.5 Å². The van der Waals surface area contributed by atoms with Crippen LogP contribution >= 0.6 is 23.2 Å². The Bertz CT molecular complexity index is 824. The number of benzene rings is 1. The van der Waals surface area contributed by atoms with Crippen LogP contribution in [-0.2, 0) is 11.3 Å². The van der Waals surface area contributed by atoms with Crippen molar-refractivity contribution in [1.29, 1.82) is 0 Å². The van der Waals surface area contributed by atoms with Gasteiger partial charge in [-0.05, 0) is 54.2 Å². The largest absolute Gasteiger partial charge is 0.473 e. The summed E-state index contributed by atoms with van der Waals surface area (Å²) in [6.45, 7) is 0.572. The second-order valence-corrected chi connectivity index (χ2v) is 7.03. The fourth-order valence-corrected chi connectivity index (χ4v) is 3.59. The van der Waals surface area contributed by atoms with E-state index in [-0.39, 0.29) is 6.61 Å². The molecule has 1 saturated carbocycles. The minimum absolute atomic E-state index is 0.273. The summed E-state index contributed by atoms with van der Waals surface area (Å²) in [6.07, 6.45) is 2.92. The predicted octanol–water partition coefficient (Wildman–Crippen LogP) is 4.63. The second kappa shape index (κ2) is 6.73. The fraction of sp³-hybridized carbons (Fsp3) is 0.333. The zero-order chi connectivity index (χ0) is 17.4. The number of nitrogens with zero attached hydrogens (tertiary/aromatic N) is 1. The first kappa shape index (κ1) is 16.5. The molecule has 1 aromatic carbocycles. The van der Waals surface area contributed by atoms with E-state index < -0.39 is 12.2 Å². The molecule has 5 nitrogen and oxygen atoms in total. The molecule has 1 aromatic heterocycles. The van der Waals surface area contributed by atoms with Crippen LogP contribution in [0.4, 0.5) is 4.79 Å². The van der Waals surface area contributed by atoms with Gasteiger partial charge in [0, 0.05) is 22.8 Å². The van der Waals surface area contributed by atoms with Crippen molar-refractivity contribution in [2.75, 3.05) is 6.61 Å². The van der Waals surface area contributed by atoms with Crippen molar-refractivity contribution in [1.82, 2.24) is 10.3 Å². The number of nitrogens with one attached hydrogen (secondary N) is 1. The van der Waals surface area contributed by atoms with Crippen LogP contribution in [0.1, 0.15) is 41.6 Å². The molecule has 1 aliphatic heterocycles. The Balaban J connectivity index is 1.42. The summed E-state index contributed by atoms with van der Waals surface area (Å²) in [5.41, 5.74) is 2.78. The minimum Gasteiger partial charge on any atom is -0.473 e. The van der Waals surface area contributed by atoms with Crippen LogP contribution in [0.3, 0.4) is 0 Å². The number of pyridine rings is 1. The summed E-state index contributed by atoms with van der Waals surface area (Å²) in [4.78, 5) is 16.3. The lowest BCUT2D eigenvalue weighted by Gasteiger charge is -2.15. The highest BCUT2D eigenvalue weighted by atomic mass is 35.5. The molecule has 0 bridgehead atoms. The van der Waals surface area contributed by atoms with Crippen LogP contribution in [0, 0.1) is 0 Å². The molecule has 0 radical (unpaired) electrons. The number of ether oxygens (including phenoxy) is 2. The van der Waals surface area contributed by atoms with Gasteiger partial charge in [-0.3, -0.25) is 0 Å². The molecule has 0 spiro atoms. The van der Waals surface area contributed by atoms with Gasteiger partial charge < -0.3 is 14.8 Å². The van der Waals surface area contributed by atoms with Crippen molar-refractivity contribution in [3.63, 3.8) is 0 Å². The van der Waals surface area contributed by atoms with E-state index in [1.54, 1.807) is 18.3 Å². The summed E-state index contributed by atoms with van der Waals surface area (Å²) in [7, 11) is 0. The Hall–Kier alpha value is -1.98. The molecular weight excluding hydrogens is 363 g/mol. The molecule has 0 saturated heterocycles. The van der Waals surface area contributed by atoms with E-state index in [0.29, 0.717) is 28.4 Å². The monoisotopic (exact) mass is 378 g/mol. The van der Waals surface area contributed by atoms with Crippen LogP contribution in [0.5, 0.6) is 5.88 Å². The number of fused-ring (bicyclic) bond motifs is 1. The van der Waals surface area contributed by atoms with Crippen LogP contribution in [-0.4, -0.2) is 17.7 Å². The minimum atomic E-state index is -0.516. The number of halogens is 2. The Kier molecular flexibility index (Phi) is 4.44. The quantitative estimate of drug-likeness (QED) is 0.842. The number of aromatic nitrogens is 1. The van der Waals surface area contributed by atoms with Crippen molar-refractivity contribution in [2.24, 2.45) is 0 Å². The lowest BCUT2D eigenvalue weighted by molar-refractivity contribution is 0.0821. The van der Waals surface area contributed by atoms with E-state index in [1.165, 1.54) is 0 Å². The van der Waals surface area contributed by atoms with E-state index in [9.17, 15) is 4.79 Å². The summed E-state index contributed by atoms with van der Waals surface area (Å²) >= 11 is 12.4. The van der Waals surface area contributed by atoms with Crippen LogP contribution in [0.15, 0.2) is 30.5 Å². The van der Waals surface area contributed by atoms with Crippen molar-refractivity contribution >= 4 is 29.3 Å². The number of carbonyl (C=O) groups excluding carboxylic acids is 1. The summed E-state index contributed by atoms with van der Waals surface area (Å²) < 4.78 is 10.9. The average Bonchev–Trinajstić information content (AvgIpc) is 3.36. The standard InChI is InChI=1S/C18H16Cl2N2O3/c19-11-6-13(10-3-4-10)14(15(20)7-11)8-22-18(23)25-16-9-24-17-12(16)2-1-5-21-17/h1-2,5-7,10,16H,3-4,8-9H2,(H,22,23). The first-order chi connectivity index (χ1) is 12.1. The highest BCUT2D eigenvalue weighted by Crippen LogP contribution is 2.44. The van der Waals surface area contributed by atoms with Crippen molar-refractivity contribution in [3.8, 4) is 5.88 Å². The summed E-state index contributed by atoms with van der Waals surface area (Å²) in [6, 6.07) is 7.26. The second-order valence-electron chi connectivity index (χ2n) is 6.19. The van der Waals surface area contributed by atoms with Gasteiger partial charge in [-0.2, -0.15) is 0 Å². The van der Waals surface area contributed by atoms with Gasteiger partial charge in [0.2, 0.25) is 5.88 Å². The average molecular weight is 379 g/mol. The SMILES string of the molecule is O=C(NCc1c(Cl)cc(Cl)cc1C1CC1)OC1COc2ncccc21. The van der Waals surface area contributed by atoms with Crippen molar-refractivity contribution in [3.05, 3.63) is 57.2 Å². The molecule has 2 aromatic rings. The van der Waals surface area contributed by atoms with Gasteiger partial charge in [-0.25, -0.2) is 9.78 Å². The molecule has 1 unspecified atom stereocenters. The fourth-order valence-electron chi connectivity index (χ4n) is 3.01. The van der Waals surface area contributed by atoms with E-state index in [1.807, 2.05) is 12.1 Å². The number of hydrogen-bond donors (Lipinski definition) is 1. The molecule has 7 heteroatoms. The van der Waals surface area contributed by atoms with Gasteiger partial charge in [0.15, 0.2) is 6.10 Å². The molecule has 1 atom stereocenters. The molecule has 1 aliphatic carbocycles. The van der Waals surface area contributed by atoms with Crippen LogP contribution < -0.4 is 10.1 Å². The Morgan fingerprint density at radius 3 is 2.96 bits per heavy atom. The van der Waals surface area contributed by atoms with Gasteiger partial charge >= 0.3 is 6.09 Å². The molecule has 130 valence electrons. The van der Waals surface area contributed by atoms with Gasteiger partial charge in [-0.1, -0.05) is 23.2 Å². The Morgan fingerprint density at radius 1 is 1.32 bits per heavy atom. The molecule has 1 fully saturated rings. The maximum atomic E-state index is 12.2. The number of alkyl carbamates (subject to hydrolysis) is 1. The number of rotatable bonds is 4. The molecule has 2 aliphatic rings. The van der Waals surface area contributed by atoms with E-state index >= 15 is 0 Å². The van der Waals surface area contributed by atoms with Crippen molar-refractivity contribution in [2.45, 2.75) is 31.4 Å². The molecule has 2 heterocycles. The Labute approximate surface area is 155 Å². The van der Waals surface area contributed by atoms with Gasteiger partial charge in [0.25, 0.3) is 0 Å². The molecule has 4 rings (SSSR count). The van der Waals surface area contributed by atoms with Crippen LogP contribution in [0.25, 0.3) is 0 Å². The first-order valence-electron chi connectivity index (χ1n) is 8.12. The molecular formula is C18H16Cl2N2O3. The third-order valence-electron chi connectivity index (χ3n) is 4.39. The predicted molar refractivity (Wildman–Crippen MR) is 94.2 cm³/mol. The van der Waals surface area contributed by atoms with Crippen LogP contribution in [0.2, 0.25) is 10.0 Å². The van der Waals surface area contributed by atoms with Gasteiger partial charge in [0.05, 0.1) is 5.56 Å².